The van der Waals surface area contributed by atoms with Crippen molar-refractivity contribution in [3.63, 3.8) is 0 Å². The minimum absolute atomic E-state index is 0.0765. The molecule has 0 unspecified atom stereocenters. The van der Waals surface area contributed by atoms with E-state index >= 15 is 0 Å². The Morgan fingerprint density at radius 2 is 1.57 bits per heavy atom. The van der Waals surface area contributed by atoms with Crippen molar-refractivity contribution in [2.45, 2.75) is 77.5 Å². The number of carboxylic acid groups (broad SMARTS) is 1. The lowest BCUT2D eigenvalue weighted by molar-refractivity contribution is -0.142. The van der Waals surface area contributed by atoms with Gasteiger partial charge in [-0.2, -0.15) is 11.8 Å². The number of carboxylic acids is 1. The van der Waals surface area contributed by atoms with Crippen molar-refractivity contribution in [1.82, 2.24) is 21.3 Å². The van der Waals surface area contributed by atoms with E-state index in [2.05, 4.69) is 21.3 Å². The largest absolute Gasteiger partial charge is 0.480 e. The number of hydrogen-bond acceptors (Lipinski definition) is 7. The van der Waals surface area contributed by atoms with Crippen LogP contribution in [0.1, 0.15) is 53.4 Å². The second-order valence-corrected chi connectivity index (χ2v) is 9.85. The number of nitrogens with one attached hydrogen (secondary N) is 5. The maximum absolute atomic E-state index is 13.1. The average molecular weight is 518 g/mol. The van der Waals surface area contributed by atoms with E-state index in [1.165, 1.54) is 11.8 Å². The Hall–Kier alpha value is -2.54. The smallest absolute Gasteiger partial charge is 0.326 e. The summed E-state index contributed by atoms with van der Waals surface area (Å²) in [5.74, 6) is -2.88. The third-order valence-corrected chi connectivity index (χ3v) is 6.29. The van der Waals surface area contributed by atoms with Crippen molar-refractivity contribution in [1.29, 1.82) is 5.41 Å². The molecule has 0 fully saturated rings. The van der Waals surface area contributed by atoms with Gasteiger partial charge in [0, 0.05) is 6.54 Å². The highest BCUT2D eigenvalue weighted by molar-refractivity contribution is 7.98. The van der Waals surface area contributed by atoms with Crippen molar-refractivity contribution < 1.29 is 24.3 Å². The second kappa shape index (κ2) is 17.0. The number of guanidine groups is 1. The summed E-state index contributed by atoms with van der Waals surface area (Å²) in [7, 11) is 0. The van der Waals surface area contributed by atoms with Gasteiger partial charge in [0.25, 0.3) is 0 Å². The molecule has 35 heavy (non-hydrogen) atoms. The van der Waals surface area contributed by atoms with Gasteiger partial charge in [-0.15, -0.1) is 0 Å². The number of thioether (sulfide) groups is 1. The van der Waals surface area contributed by atoms with Crippen LogP contribution in [0.2, 0.25) is 0 Å². The molecule has 10 N–H and O–H groups in total. The number of amides is 3. The Labute approximate surface area is 212 Å². The van der Waals surface area contributed by atoms with Crippen molar-refractivity contribution in [2.24, 2.45) is 23.3 Å². The normalized spacial score (nSPS) is 15.3. The SMILES string of the molecule is CC[C@H](C)[C@H](N)C(=O)N[C@H](C(=O)N[C@@H](CCCNC(=N)N)C(=O)N[C@@H](CCSC)C(=O)O)C(C)C. The lowest BCUT2D eigenvalue weighted by Gasteiger charge is -2.28. The van der Waals surface area contributed by atoms with Crippen LogP contribution in [0.5, 0.6) is 0 Å². The van der Waals surface area contributed by atoms with Crippen molar-refractivity contribution in [3.8, 4) is 0 Å². The zero-order chi connectivity index (χ0) is 27.1. The molecule has 13 heteroatoms. The molecule has 0 spiro atoms. The van der Waals surface area contributed by atoms with E-state index in [1.54, 1.807) is 13.8 Å². The minimum Gasteiger partial charge on any atom is -0.480 e. The second-order valence-electron chi connectivity index (χ2n) is 8.87. The van der Waals surface area contributed by atoms with Gasteiger partial charge in [-0.3, -0.25) is 19.8 Å². The van der Waals surface area contributed by atoms with E-state index < -0.39 is 47.9 Å². The summed E-state index contributed by atoms with van der Waals surface area (Å²) in [6, 6.07) is -3.86. The van der Waals surface area contributed by atoms with Crippen LogP contribution in [0.15, 0.2) is 0 Å². The van der Waals surface area contributed by atoms with Gasteiger partial charge in [0.2, 0.25) is 17.7 Å². The molecule has 0 aromatic carbocycles. The van der Waals surface area contributed by atoms with E-state index in [1.807, 2.05) is 20.1 Å². The highest BCUT2D eigenvalue weighted by atomic mass is 32.2. The number of carbonyl (C=O) groups is 4. The Morgan fingerprint density at radius 3 is 2.06 bits per heavy atom. The van der Waals surface area contributed by atoms with Gasteiger partial charge < -0.3 is 37.8 Å². The molecule has 0 aromatic heterocycles. The Bertz CT molecular complexity index is 722. The van der Waals surface area contributed by atoms with Gasteiger partial charge in [-0.1, -0.05) is 34.1 Å². The molecule has 202 valence electrons. The van der Waals surface area contributed by atoms with E-state index in [0.29, 0.717) is 18.6 Å². The quantitative estimate of drug-likeness (QED) is 0.0713. The maximum Gasteiger partial charge on any atom is 0.326 e. The summed E-state index contributed by atoms with van der Waals surface area (Å²) in [5, 5.41) is 27.1. The van der Waals surface area contributed by atoms with E-state index in [4.69, 9.17) is 16.9 Å². The standard InChI is InChI=1S/C22H43N7O5S/c1-6-13(4)16(23)19(31)29-17(12(2)3)20(32)27-14(8-7-10-26-22(24)25)18(30)28-15(21(33)34)9-11-35-5/h12-17H,6-11,23H2,1-5H3,(H,27,32)(H,28,30)(H,29,31)(H,33,34)(H4,24,25,26)/t13-,14-,15-,16-,17-/m0/s1. The zero-order valence-electron chi connectivity index (χ0n) is 21.3. The first-order valence-corrected chi connectivity index (χ1v) is 13.2. The summed E-state index contributed by atoms with van der Waals surface area (Å²) in [6.07, 6.45) is 3.30. The van der Waals surface area contributed by atoms with Crippen LogP contribution in [0.3, 0.4) is 0 Å². The summed E-state index contributed by atoms with van der Waals surface area (Å²) in [5.41, 5.74) is 11.3. The molecule has 0 saturated heterocycles. The van der Waals surface area contributed by atoms with Crippen LogP contribution in [0.25, 0.3) is 0 Å². The van der Waals surface area contributed by atoms with Gasteiger partial charge >= 0.3 is 5.97 Å². The highest BCUT2D eigenvalue weighted by Gasteiger charge is 2.32. The topological polar surface area (TPSA) is 213 Å². The monoisotopic (exact) mass is 517 g/mol. The molecule has 0 aliphatic carbocycles. The number of aliphatic carboxylic acids is 1. The molecule has 0 heterocycles. The third-order valence-electron chi connectivity index (χ3n) is 5.65. The highest BCUT2D eigenvalue weighted by Crippen LogP contribution is 2.09. The van der Waals surface area contributed by atoms with E-state index in [-0.39, 0.29) is 37.2 Å². The number of nitrogens with two attached hydrogens (primary N) is 2. The minimum atomic E-state index is -1.16. The van der Waals surface area contributed by atoms with E-state index in [9.17, 15) is 24.3 Å². The molecule has 0 saturated carbocycles. The van der Waals surface area contributed by atoms with Crippen LogP contribution < -0.4 is 32.7 Å². The Kier molecular flexibility index (Phi) is 15.7. The van der Waals surface area contributed by atoms with Gasteiger partial charge in [-0.05, 0) is 43.1 Å². The van der Waals surface area contributed by atoms with Crippen LogP contribution >= 0.6 is 11.8 Å². The predicted octanol–water partition coefficient (Wildman–Crippen LogP) is -0.429. The lowest BCUT2D eigenvalue weighted by atomic mass is 9.97. The summed E-state index contributed by atoms with van der Waals surface area (Å²) >= 11 is 1.46. The van der Waals surface area contributed by atoms with Crippen LogP contribution in [0, 0.1) is 17.2 Å². The number of rotatable bonds is 17. The first-order chi connectivity index (χ1) is 16.3. The fourth-order valence-electron chi connectivity index (χ4n) is 3.12. The van der Waals surface area contributed by atoms with Gasteiger partial charge in [0.15, 0.2) is 5.96 Å². The summed E-state index contributed by atoms with van der Waals surface area (Å²) in [4.78, 5) is 50.2. The van der Waals surface area contributed by atoms with Gasteiger partial charge in [0.1, 0.15) is 18.1 Å². The third kappa shape index (κ3) is 12.6. The van der Waals surface area contributed by atoms with Crippen molar-refractivity contribution >= 4 is 41.4 Å². The fraction of sp³-hybridized carbons (Fsp3) is 0.773. The van der Waals surface area contributed by atoms with Crippen LogP contribution in [0.4, 0.5) is 0 Å². The van der Waals surface area contributed by atoms with Crippen LogP contribution in [-0.2, 0) is 19.2 Å². The molecule has 0 aliphatic heterocycles. The molecule has 0 aliphatic rings. The van der Waals surface area contributed by atoms with Gasteiger partial charge in [0.05, 0.1) is 6.04 Å². The van der Waals surface area contributed by atoms with Crippen molar-refractivity contribution in [3.05, 3.63) is 0 Å². The zero-order valence-corrected chi connectivity index (χ0v) is 22.2. The maximum atomic E-state index is 13.1. The molecule has 0 aromatic rings. The first kappa shape index (κ1) is 32.5. The Balaban J connectivity index is 5.52. The molecule has 0 bridgehead atoms. The molecular weight excluding hydrogens is 474 g/mol. The molecule has 5 atom stereocenters. The average Bonchev–Trinajstić information content (AvgIpc) is 2.79. The first-order valence-electron chi connectivity index (χ1n) is 11.8. The molecule has 3 amide bonds. The fourth-order valence-corrected chi connectivity index (χ4v) is 3.59. The molecule has 0 rings (SSSR count). The number of carbonyl (C=O) groups excluding carboxylic acids is 3. The lowest BCUT2D eigenvalue weighted by Crippen LogP contribution is -2.59. The molecular formula is C22H43N7O5S. The predicted molar refractivity (Wildman–Crippen MR) is 138 cm³/mol. The van der Waals surface area contributed by atoms with Gasteiger partial charge in [-0.25, -0.2) is 4.79 Å². The van der Waals surface area contributed by atoms with E-state index in [0.717, 1.165) is 0 Å². The summed E-state index contributed by atoms with van der Waals surface area (Å²) in [6.45, 7) is 7.57. The molecule has 0 radical (unpaired) electrons. The molecule has 12 nitrogen and oxygen atoms in total. The number of hydrogen-bond donors (Lipinski definition) is 8. The van der Waals surface area contributed by atoms with Crippen molar-refractivity contribution in [2.75, 3.05) is 18.6 Å². The van der Waals surface area contributed by atoms with Crippen LogP contribution in [-0.4, -0.2) is 77.5 Å². The Morgan fingerprint density at radius 1 is 0.971 bits per heavy atom. The summed E-state index contributed by atoms with van der Waals surface area (Å²) < 4.78 is 0.